The summed E-state index contributed by atoms with van der Waals surface area (Å²) in [7, 11) is 0. The lowest BCUT2D eigenvalue weighted by atomic mass is 10.0. The van der Waals surface area contributed by atoms with Crippen LogP contribution in [0.3, 0.4) is 0 Å². The first-order valence-electron chi connectivity index (χ1n) is 11.2. The molecule has 0 unspecified atom stereocenters. The highest BCUT2D eigenvalue weighted by molar-refractivity contribution is 7.99. The summed E-state index contributed by atoms with van der Waals surface area (Å²) in [6.07, 6.45) is 1.75. The van der Waals surface area contributed by atoms with Crippen LogP contribution in [0.4, 0.5) is 5.69 Å². The van der Waals surface area contributed by atoms with Crippen molar-refractivity contribution in [3.63, 3.8) is 0 Å². The molecule has 0 saturated heterocycles. The van der Waals surface area contributed by atoms with Gasteiger partial charge in [0.2, 0.25) is 5.91 Å². The van der Waals surface area contributed by atoms with Crippen molar-refractivity contribution in [1.82, 2.24) is 20.1 Å². The fourth-order valence-electron chi connectivity index (χ4n) is 3.43. The monoisotopic (exact) mass is 477 g/mol. The summed E-state index contributed by atoms with van der Waals surface area (Å²) in [5, 5.41) is 15.3. The van der Waals surface area contributed by atoms with E-state index < -0.39 is 0 Å². The summed E-state index contributed by atoms with van der Waals surface area (Å²) in [6.45, 7) is 12.4. The molecule has 178 valence electrons. The number of benzene rings is 2. The number of allylic oxidation sites excluding steroid dienone is 1. The van der Waals surface area contributed by atoms with Crippen LogP contribution in [0.25, 0.3) is 0 Å². The highest BCUT2D eigenvalue weighted by atomic mass is 32.2. The van der Waals surface area contributed by atoms with Crippen LogP contribution in [-0.2, 0) is 11.3 Å². The predicted octanol–water partition coefficient (Wildman–Crippen LogP) is 4.94. The zero-order valence-corrected chi connectivity index (χ0v) is 20.9. The molecule has 0 saturated carbocycles. The molecule has 34 heavy (non-hydrogen) atoms. The molecule has 0 spiro atoms. The molecular weight excluding hydrogens is 446 g/mol. The Bertz CT molecular complexity index is 1160. The molecule has 0 radical (unpaired) electrons. The van der Waals surface area contributed by atoms with E-state index >= 15 is 0 Å². The predicted molar refractivity (Wildman–Crippen MR) is 137 cm³/mol. The number of amides is 2. The minimum Gasteiger partial charge on any atom is -0.342 e. The van der Waals surface area contributed by atoms with Gasteiger partial charge in [-0.25, -0.2) is 0 Å². The normalized spacial score (nSPS) is 11.8. The van der Waals surface area contributed by atoms with Crippen molar-refractivity contribution < 1.29 is 9.59 Å². The quantitative estimate of drug-likeness (QED) is 0.319. The minimum absolute atomic E-state index is 0.0753. The summed E-state index contributed by atoms with van der Waals surface area (Å²) < 4.78 is 1.90. The number of nitrogens with one attached hydrogen (secondary N) is 2. The van der Waals surface area contributed by atoms with E-state index in [2.05, 4.69) is 27.4 Å². The fourth-order valence-corrected chi connectivity index (χ4v) is 4.18. The second-order valence-corrected chi connectivity index (χ2v) is 9.38. The summed E-state index contributed by atoms with van der Waals surface area (Å²) in [6, 6.07) is 14.6. The average molecular weight is 478 g/mol. The molecule has 3 aromatic rings. The first kappa shape index (κ1) is 25.2. The van der Waals surface area contributed by atoms with Crippen LogP contribution in [-0.4, -0.2) is 32.3 Å². The number of hydrogen-bond donors (Lipinski definition) is 2. The van der Waals surface area contributed by atoms with Gasteiger partial charge >= 0.3 is 0 Å². The number of rotatable bonds is 10. The van der Waals surface area contributed by atoms with Crippen molar-refractivity contribution in [1.29, 1.82) is 0 Å². The Morgan fingerprint density at radius 3 is 2.47 bits per heavy atom. The maximum atomic E-state index is 12.8. The smallest absolute Gasteiger partial charge is 0.251 e. The number of aryl methyl sites for hydroxylation is 2. The topological polar surface area (TPSA) is 88.9 Å². The third-order valence-electron chi connectivity index (χ3n) is 5.45. The molecule has 3 rings (SSSR count). The standard InChI is InChI=1S/C26H31N5O2S/c1-6-14-31-24(23(17(2)3)28-25(33)20-10-8-7-9-11-20)29-30-26(31)34-16-22(32)27-21-13-12-18(4)19(5)15-21/h6-13,15,17,23H,1,14,16H2,2-5H3,(H,27,32)(H,28,33)/t23-/m0/s1. The van der Waals surface area contributed by atoms with Crippen LogP contribution in [0.2, 0.25) is 0 Å². The molecule has 1 aromatic heterocycles. The van der Waals surface area contributed by atoms with Gasteiger partial charge in [0, 0.05) is 17.8 Å². The lowest BCUT2D eigenvalue weighted by Gasteiger charge is -2.22. The SMILES string of the molecule is C=CCn1c(SCC(=O)Nc2ccc(C)c(C)c2)nnc1[C@@H](NC(=O)c1ccccc1)C(C)C. The van der Waals surface area contributed by atoms with Gasteiger partial charge in [-0.05, 0) is 55.2 Å². The molecule has 2 amide bonds. The van der Waals surface area contributed by atoms with Crippen molar-refractivity contribution in [3.05, 3.63) is 83.7 Å². The largest absolute Gasteiger partial charge is 0.342 e. The van der Waals surface area contributed by atoms with Crippen molar-refractivity contribution in [2.45, 2.75) is 45.4 Å². The van der Waals surface area contributed by atoms with Crippen molar-refractivity contribution in [2.24, 2.45) is 5.92 Å². The molecule has 0 aliphatic carbocycles. The maximum absolute atomic E-state index is 12.8. The number of anilines is 1. The molecule has 7 nitrogen and oxygen atoms in total. The van der Waals surface area contributed by atoms with Crippen LogP contribution in [0.1, 0.15) is 47.2 Å². The Morgan fingerprint density at radius 1 is 1.09 bits per heavy atom. The second kappa shape index (κ2) is 11.7. The Hall–Kier alpha value is -3.39. The number of hydrogen-bond acceptors (Lipinski definition) is 5. The van der Waals surface area contributed by atoms with E-state index in [4.69, 9.17) is 0 Å². The lowest BCUT2D eigenvalue weighted by Crippen LogP contribution is -2.33. The van der Waals surface area contributed by atoms with Gasteiger partial charge in [-0.1, -0.05) is 56.0 Å². The maximum Gasteiger partial charge on any atom is 0.251 e. The Kier molecular flexibility index (Phi) is 8.65. The number of carbonyl (C=O) groups excluding carboxylic acids is 2. The van der Waals surface area contributed by atoms with E-state index in [-0.39, 0.29) is 29.5 Å². The van der Waals surface area contributed by atoms with Gasteiger partial charge < -0.3 is 15.2 Å². The first-order valence-corrected chi connectivity index (χ1v) is 12.2. The highest BCUT2D eigenvalue weighted by Gasteiger charge is 2.26. The van der Waals surface area contributed by atoms with E-state index in [1.807, 2.05) is 68.7 Å². The molecule has 0 bridgehead atoms. The molecule has 1 heterocycles. The van der Waals surface area contributed by atoms with Crippen molar-refractivity contribution in [3.8, 4) is 0 Å². The van der Waals surface area contributed by atoms with Gasteiger partial charge in [-0.15, -0.1) is 16.8 Å². The fraction of sp³-hybridized carbons (Fsp3) is 0.308. The van der Waals surface area contributed by atoms with E-state index in [0.29, 0.717) is 23.1 Å². The van der Waals surface area contributed by atoms with E-state index in [9.17, 15) is 9.59 Å². The van der Waals surface area contributed by atoms with Gasteiger partial charge in [0.25, 0.3) is 5.91 Å². The van der Waals surface area contributed by atoms with Crippen LogP contribution < -0.4 is 10.6 Å². The Labute approximate surface area is 205 Å². The summed E-state index contributed by atoms with van der Waals surface area (Å²) >= 11 is 1.30. The molecule has 0 aliphatic rings. The van der Waals surface area contributed by atoms with Crippen LogP contribution in [0, 0.1) is 19.8 Å². The van der Waals surface area contributed by atoms with Crippen molar-refractivity contribution >= 4 is 29.3 Å². The number of thioether (sulfide) groups is 1. The highest BCUT2D eigenvalue weighted by Crippen LogP contribution is 2.26. The molecule has 2 aromatic carbocycles. The van der Waals surface area contributed by atoms with Crippen LogP contribution in [0.15, 0.2) is 66.3 Å². The van der Waals surface area contributed by atoms with Gasteiger partial charge in [-0.3, -0.25) is 9.59 Å². The molecule has 1 atom stereocenters. The van der Waals surface area contributed by atoms with E-state index in [1.165, 1.54) is 17.3 Å². The Morgan fingerprint density at radius 2 is 1.82 bits per heavy atom. The summed E-state index contributed by atoms with van der Waals surface area (Å²) in [4.78, 5) is 25.3. The van der Waals surface area contributed by atoms with Crippen molar-refractivity contribution in [2.75, 3.05) is 11.1 Å². The van der Waals surface area contributed by atoms with E-state index in [0.717, 1.165) is 11.3 Å². The average Bonchev–Trinajstić information content (AvgIpc) is 3.21. The third-order valence-corrected chi connectivity index (χ3v) is 6.41. The molecule has 0 aliphatic heterocycles. The molecule has 0 fully saturated rings. The van der Waals surface area contributed by atoms with Gasteiger partial charge in [0.05, 0.1) is 11.8 Å². The summed E-state index contributed by atoms with van der Waals surface area (Å²) in [5.41, 5.74) is 3.65. The first-order chi connectivity index (χ1) is 16.3. The number of aromatic nitrogens is 3. The third kappa shape index (κ3) is 6.35. The number of carbonyl (C=O) groups is 2. The van der Waals surface area contributed by atoms with Crippen LogP contribution in [0.5, 0.6) is 0 Å². The molecule has 2 N–H and O–H groups in total. The Balaban J connectivity index is 1.74. The second-order valence-electron chi connectivity index (χ2n) is 8.44. The van der Waals surface area contributed by atoms with Crippen LogP contribution >= 0.6 is 11.8 Å². The zero-order valence-electron chi connectivity index (χ0n) is 20.0. The van der Waals surface area contributed by atoms with E-state index in [1.54, 1.807) is 18.2 Å². The molecular formula is C26H31N5O2S. The molecule has 8 heteroatoms. The van der Waals surface area contributed by atoms with Gasteiger partial charge in [0.15, 0.2) is 11.0 Å². The van der Waals surface area contributed by atoms with Gasteiger partial charge in [-0.2, -0.15) is 0 Å². The zero-order chi connectivity index (χ0) is 24.7. The number of nitrogens with zero attached hydrogens (tertiary/aromatic N) is 3. The summed E-state index contributed by atoms with van der Waals surface area (Å²) in [5.74, 6) is 0.600. The van der Waals surface area contributed by atoms with Gasteiger partial charge in [0.1, 0.15) is 0 Å². The minimum atomic E-state index is -0.348. The lowest BCUT2D eigenvalue weighted by molar-refractivity contribution is -0.113.